The third kappa shape index (κ3) is 24.9. The van der Waals surface area contributed by atoms with E-state index in [-0.39, 0.29) is 25.6 Å². The summed E-state index contributed by atoms with van der Waals surface area (Å²) in [7, 11) is 0. The Morgan fingerprint density at radius 3 is 1.48 bits per heavy atom. The minimum absolute atomic E-state index is 0.0636. The fourth-order valence-electron chi connectivity index (χ4n) is 7.93. The molecule has 0 aromatic rings. The van der Waals surface area contributed by atoms with Crippen molar-refractivity contribution in [1.29, 1.82) is 0 Å². The Bertz CT molecular complexity index is 1080. The lowest BCUT2D eigenvalue weighted by molar-refractivity contribution is -0.332. The Morgan fingerprint density at radius 1 is 0.516 bits per heavy atom. The second-order valence-electron chi connectivity index (χ2n) is 17.6. The highest BCUT2D eigenvalue weighted by molar-refractivity contribution is 5.69. The highest BCUT2D eigenvalue weighted by atomic mass is 16.7. The highest BCUT2D eigenvalue weighted by Crippen LogP contribution is 2.26. The van der Waals surface area contributed by atoms with Gasteiger partial charge in [-0.1, -0.05) is 154 Å². The maximum atomic E-state index is 13.0. The van der Waals surface area contributed by atoms with Crippen LogP contribution in [0.2, 0.25) is 0 Å². The fourth-order valence-corrected chi connectivity index (χ4v) is 7.93. The second-order valence-corrected chi connectivity index (χ2v) is 17.6. The second kappa shape index (κ2) is 36.9. The third-order valence-electron chi connectivity index (χ3n) is 12.0. The van der Waals surface area contributed by atoms with Crippen LogP contribution >= 0.6 is 0 Å². The van der Waals surface area contributed by atoms with Gasteiger partial charge in [0.25, 0.3) is 0 Å². The summed E-state index contributed by atoms with van der Waals surface area (Å²) in [6, 6.07) is 0. The van der Waals surface area contributed by atoms with E-state index in [1.807, 2.05) is 0 Å². The topological polar surface area (TPSA) is 214 Å². The van der Waals surface area contributed by atoms with Crippen molar-refractivity contribution in [2.24, 2.45) is 0 Å². The molecule has 0 radical (unpaired) electrons. The van der Waals surface area contributed by atoms with E-state index in [1.54, 1.807) is 0 Å². The van der Waals surface area contributed by atoms with Crippen LogP contribution in [0, 0.1) is 0 Å². The van der Waals surface area contributed by atoms with E-state index in [9.17, 15) is 40.5 Å². The molecule has 11 unspecified atom stereocenters. The summed E-state index contributed by atoms with van der Waals surface area (Å²) in [6.45, 7) is 3.68. The molecule has 366 valence electrons. The molecule has 2 heterocycles. The number of hydrogen-bond acceptors (Lipinski definition) is 14. The van der Waals surface area contributed by atoms with E-state index in [0.717, 1.165) is 57.8 Å². The molecule has 2 saturated heterocycles. The summed E-state index contributed by atoms with van der Waals surface area (Å²) >= 11 is 0. The van der Waals surface area contributed by atoms with E-state index in [1.165, 1.54) is 103 Å². The largest absolute Gasteiger partial charge is 0.457 e. The number of carbonyl (C=O) groups excluding carboxylic acids is 1. The van der Waals surface area contributed by atoms with Gasteiger partial charge in [0.2, 0.25) is 0 Å². The lowest BCUT2D eigenvalue weighted by Crippen LogP contribution is -2.61. The van der Waals surface area contributed by atoms with Crippen LogP contribution in [0.15, 0.2) is 12.2 Å². The molecule has 7 N–H and O–H groups in total. The Hall–Kier alpha value is -1.27. The van der Waals surface area contributed by atoms with Crippen molar-refractivity contribution in [2.75, 3.05) is 33.0 Å². The van der Waals surface area contributed by atoms with Crippen molar-refractivity contribution in [3.05, 3.63) is 12.2 Å². The first kappa shape index (κ1) is 56.9. The van der Waals surface area contributed by atoms with E-state index >= 15 is 0 Å². The summed E-state index contributed by atoms with van der Waals surface area (Å²) in [5.41, 5.74) is 0. The Balaban J connectivity index is 1.78. The molecule has 14 nitrogen and oxygen atoms in total. The van der Waals surface area contributed by atoms with Crippen molar-refractivity contribution in [3.8, 4) is 0 Å². The van der Waals surface area contributed by atoms with Crippen molar-refractivity contribution in [1.82, 2.24) is 0 Å². The van der Waals surface area contributed by atoms with E-state index < -0.39 is 80.7 Å². The van der Waals surface area contributed by atoms with Gasteiger partial charge in [-0.25, -0.2) is 0 Å². The van der Waals surface area contributed by atoms with Crippen LogP contribution in [0.1, 0.15) is 187 Å². The maximum absolute atomic E-state index is 13.0. The molecule has 2 aliphatic heterocycles. The molecule has 0 aliphatic carbocycles. The summed E-state index contributed by atoms with van der Waals surface area (Å²) < 4.78 is 34.2. The Morgan fingerprint density at radius 2 is 0.952 bits per heavy atom. The molecule has 2 rings (SSSR count). The first-order chi connectivity index (χ1) is 30.1. The fraction of sp³-hybridized carbons (Fsp3) is 0.938. The van der Waals surface area contributed by atoms with Crippen LogP contribution in [0.5, 0.6) is 0 Å². The van der Waals surface area contributed by atoms with Crippen LogP contribution in [-0.2, 0) is 33.2 Å². The van der Waals surface area contributed by atoms with E-state index in [0.29, 0.717) is 13.0 Å². The van der Waals surface area contributed by atoms with Gasteiger partial charge in [0.05, 0.1) is 26.4 Å². The number of allylic oxidation sites excluding steroid dienone is 2. The minimum Gasteiger partial charge on any atom is -0.457 e. The average Bonchev–Trinajstić information content (AvgIpc) is 3.27. The van der Waals surface area contributed by atoms with Gasteiger partial charge in [0.1, 0.15) is 54.9 Å². The third-order valence-corrected chi connectivity index (χ3v) is 12.0. The lowest BCUT2D eigenvalue weighted by atomic mass is 9.98. The predicted octanol–water partition coefficient (Wildman–Crippen LogP) is 6.68. The van der Waals surface area contributed by atoms with Gasteiger partial charge < -0.3 is 64.2 Å². The van der Waals surface area contributed by atoms with Gasteiger partial charge in [0, 0.05) is 13.0 Å². The quantitative estimate of drug-likeness (QED) is 0.0195. The first-order valence-electron chi connectivity index (χ1n) is 24.8. The number of carbonyl (C=O) groups is 1. The number of ether oxygens (including phenoxy) is 6. The molecule has 2 fully saturated rings. The molecule has 0 bridgehead atoms. The monoisotopic (exact) mass is 891 g/mol. The van der Waals surface area contributed by atoms with Gasteiger partial charge >= 0.3 is 5.97 Å². The highest BCUT2D eigenvalue weighted by Gasteiger charge is 2.47. The normalized spacial score (nSPS) is 27.2. The minimum atomic E-state index is -1.70. The summed E-state index contributed by atoms with van der Waals surface area (Å²) in [4.78, 5) is 13.0. The molecule has 2 aliphatic rings. The molecule has 0 spiro atoms. The zero-order chi connectivity index (χ0) is 45.2. The average molecular weight is 891 g/mol. The lowest BCUT2D eigenvalue weighted by Gasteiger charge is -2.42. The molecule has 14 heteroatoms. The molecular weight excluding hydrogens is 801 g/mol. The number of esters is 1. The van der Waals surface area contributed by atoms with Crippen LogP contribution < -0.4 is 0 Å². The predicted molar refractivity (Wildman–Crippen MR) is 238 cm³/mol. The number of aliphatic hydroxyl groups is 7. The van der Waals surface area contributed by atoms with Crippen molar-refractivity contribution in [2.45, 2.75) is 255 Å². The van der Waals surface area contributed by atoms with E-state index in [4.69, 9.17) is 28.4 Å². The summed E-state index contributed by atoms with van der Waals surface area (Å²) in [6.07, 6.45) is 19.9. The Kier molecular flexibility index (Phi) is 33.8. The van der Waals surface area contributed by atoms with Crippen molar-refractivity contribution < 1.29 is 69.0 Å². The smallest absolute Gasteiger partial charge is 0.306 e. The van der Waals surface area contributed by atoms with Crippen LogP contribution in [0.25, 0.3) is 0 Å². The van der Waals surface area contributed by atoms with Crippen molar-refractivity contribution >= 4 is 5.97 Å². The first-order valence-corrected chi connectivity index (χ1v) is 24.8. The molecule has 0 aromatic carbocycles. The van der Waals surface area contributed by atoms with Gasteiger partial charge in [-0.05, 0) is 38.5 Å². The zero-order valence-corrected chi connectivity index (χ0v) is 38.6. The molecule has 0 saturated carbocycles. The molecule has 0 amide bonds. The van der Waals surface area contributed by atoms with Crippen LogP contribution in [-0.4, -0.2) is 142 Å². The van der Waals surface area contributed by atoms with Gasteiger partial charge in [0.15, 0.2) is 12.6 Å². The zero-order valence-electron chi connectivity index (χ0n) is 38.6. The van der Waals surface area contributed by atoms with E-state index in [2.05, 4.69) is 26.0 Å². The standard InChI is InChI=1S/C48H90O14/c1-3-5-7-9-11-13-15-17-18-20-22-24-26-28-30-32-57-34-37(60-40(50)31-29-27-25-23-21-19-16-14-12-10-8-6-4-2)35-58-47-46(56)44(54)42(52)39(62-47)36-59-48-45(55)43(53)41(51)38(33-49)61-48/h14,16,37-39,41-49,51-56H,3-13,15,17-36H2,1-2H3/b16-14-. The SMILES string of the molecule is CCCCCC/C=C\CCCCCCCC(=O)OC(COCCCCCCCCCCCCCCCCC)COC1OC(COC2OC(CO)C(O)C(O)C2O)C(O)C(O)C1O. The number of rotatable bonds is 39. The number of unbranched alkanes of at least 4 members (excludes halogenated alkanes) is 23. The van der Waals surface area contributed by atoms with Crippen molar-refractivity contribution in [3.63, 3.8) is 0 Å². The molecule has 62 heavy (non-hydrogen) atoms. The molecular formula is C48H90O14. The van der Waals surface area contributed by atoms with Gasteiger partial charge in [-0.3, -0.25) is 4.79 Å². The number of aliphatic hydroxyl groups excluding tert-OH is 7. The van der Waals surface area contributed by atoms with Crippen LogP contribution in [0.4, 0.5) is 0 Å². The summed E-state index contributed by atoms with van der Waals surface area (Å²) in [5, 5.41) is 72.0. The molecule has 11 atom stereocenters. The van der Waals surface area contributed by atoms with Crippen LogP contribution in [0.3, 0.4) is 0 Å². The molecule has 0 aromatic heterocycles. The Labute approximate surface area is 374 Å². The number of hydrogen-bond donors (Lipinski definition) is 7. The van der Waals surface area contributed by atoms with Gasteiger partial charge in [-0.15, -0.1) is 0 Å². The summed E-state index contributed by atoms with van der Waals surface area (Å²) in [5.74, 6) is -0.383. The van der Waals surface area contributed by atoms with Gasteiger partial charge in [-0.2, -0.15) is 0 Å². The maximum Gasteiger partial charge on any atom is 0.306 e.